The number of carbonyl (C=O) groups excluding carboxylic acids is 1. The Labute approximate surface area is 189 Å². The molecule has 1 saturated heterocycles. The molecule has 4 nitrogen and oxygen atoms in total. The highest BCUT2D eigenvalue weighted by Gasteiger charge is 2.39. The number of ether oxygens (including phenoxy) is 2. The largest absolute Gasteiger partial charge is 0.493 e. The molecule has 2 aliphatic heterocycles. The third kappa shape index (κ3) is 4.03. The van der Waals surface area contributed by atoms with E-state index in [1.807, 2.05) is 18.2 Å². The molecule has 0 spiro atoms. The van der Waals surface area contributed by atoms with Gasteiger partial charge in [-0.3, -0.25) is 9.69 Å². The molecule has 2 aliphatic rings. The van der Waals surface area contributed by atoms with Crippen LogP contribution in [0.1, 0.15) is 46.2 Å². The smallest absolute Gasteiger partial charge is 0.161 e. The number of rotatable bonds is 5. The Bertz CT molecular complexity index is 1120. The number of benzene rings is 3. The normalized spacial score (nSPS) is 20.4. The number of Topliss-reactive ketones (excluding diaryl/α,β-unsaturated/α-hetero) is 1. The second kappa shape index (κ2) is 8.79. The quantitative estimate of drug-likeness (QED) is 0.558. The summed E-state index contributed by atoms with van der Waals surface area (Å²) in [5.74, 6) is 1.79. The molecule has 0 bridgehead atoms. The van der Waals surface area contributed by atoms with Gasteiger partial charge in [-0.25, -0.2) is 0 Å². The molecule has 1 fully saturated rings. The fourth-order valence-electron chi connectivity index (χ4n) is 5.07. The Hall–Kier alpha value is -3.11. The van der Waals surface area contributed by atoms with Gasteiger partial charge in [0.2, 0.25) is 0 Å². The van der Waals surface area contributed by atoms with E-state index in [0.717, 1.165) is 42.1 Å². The first-order valence-corrected chi connectivity index (χ1v) is 11.3. The maximum atomic E-state index is 13.2. The molecule has 0 aromatic heterocycles. The molecular weight excluding hydrogens is 398 g/mol. The third-order valence-corrected chi connectivity index (χ3v) is 6.78. The highest BCUT2D eigenvalue weighted by Crippen LogP contribution is 2.43. The van der Waals surface area contributed by atoms with E-state index in [9.17, 15) is 4.79 Å². The first-order chi connectivity index (χ1) is 15.6. The van der Waals surface area contributed by atoms with Gasteiger partial charge in [0.15, 0.2) is 11.5 Å². The summed E-state index contributed by atoms with van der Waals surface area (Å²) in [5.41, 5.74) is 5.93. The minimum atomic E-state index is -0.0388. The van der Waals surface area contributed by atoms with Crippen LogP contribution < -0.4 is 9.47 Å². The lowest BCUT2D eigenvalue weighted by molar-refractivity contribution is -0.125. The maximum Gasteiger partial charge on any atom is 0.161 e. The molecule has 0 N–H and O–H groups in total. The van der Waals surface area contributed by atoms with Gasteiger partial charge in [-0.2, -0.15) is 0 Å². The SMILES string of the molecule is COc1cc2c(cc1OCc1ccccc1)CCN1CC(c3cccc(C)c3)C(=O)C[C@H]21. The fraction of sp³-hybridized carbons (Fsp3) is 0.321. The standard InChI is InChI=1S/C28H29NO3/c1-19-7-6-10-21(13-19)24-17-29-12-11-22-14-28(32-18-20-8-4-3-5-9-20)27(31-2)15-23(22)25(29)16-26(24)30/h3-10,13-15,24-25H,11-12,16-18H2,1-2H3/t24?,25-/m1/s1. The molecule has 32 heavy (non-hydrogen) atoms. The van der Waals surface area contributed by atoms with E-state index in [-0.39, 0.29) is 12.0 Å². The number of piperidine rings is 1. The van der Waals surface area contributed by atoms with Crippen LogP contribution in [0.5, 0.6) is 11.5 Å². The second-order valence-electron chi connectivity index (χ2n) is 8.87. The Morgan fingerprint density at radius 3 is 2.62 bits per heavy atom. The molecule has 5 rings (SSSR count). The lowest BCUT2D eigenvalue weighted by Crippen LogP contribution is -2.45. The van der Waals surface area contributed by atoms with Gasteiger partial charge in [0.25, 0.3) is 0 Å². The average molecular weight is 428 g/mol. The van der Waals surface area contributed by atoms with Gasteiger partial charge in [-0.15, -0.1) is 0 Å². The molecule has 4 heteroatoms. The number of fused-ring (bicyclic) bond motifs is 3. The van der Waals surface area contributed by atoms with Crippen LogP contribution in [0.25, 0.3) is 0 Å². The van der Waals surface area contributed by atoms with Crippen molar-refractivity contribution in [2.24, 2.45) is 0 Å². The van der Waals surface area contributed by atoms with Crippen LogP contribution in [0.3, 0.4) is 0 Å². The molecular formula is C28H29NO3. The zero-order valence-electron chi connectivity index (χ0n) is 18.7. The Morgan fingerprint density at radius 2 is 1.84 bits per heavy atom. The first-order valence-electron chi connectivity index (χ1n) is 11.3. The van der Waals surface area contributed by atoms with Crippen molar-refractivity contribution in [3.05, 3.63) is 94.5 Å². The summed E-state index contributed by atoms with van der Waals surface area (Å²) in [4.78, 5) is 15.6. The van der Waals surface area contributed by atoms with Crippen LogP contribution in [0.15, 0.2) is 66.7 Å². The van der Waals surface area contributed by atoms with E-state index in [4.69, 9.17) is 9.47 Å². The van der Waals surface area contributed by atoms with E-state index < -0.39 is 0 Å². The van der Waals surface area contributed by atoms with Gasteiger partial charge in [0, 0.05) is 25.6 Å². The predicted molar refractivity (Wildman–Crippen MR) is 125 cm³/mol. The molecule has 3 aromatic carbocycles. The van der Waals surface area contributed by atoms with E-state index in [1.54, 1.807) is 7.11 Å². The number of nitrogens with zero attached hydrogens (tertiary/aromatic N) is 1. The van der Waals surface area contributed by atoms with Crippen LogP contribution >= 0.6 is 0 Å². The summed E-state index contributed by atoms with van der Waals surface area (Å²) in [7, 11) is 1.68. The number of carbonyl (C=O) groups is 1. The van der Waals surface area contributed by atoms with Crippen molar-refractivity contribution in [3.8, 4) is 11.5 Å². The minimum absolute atomic E-state index is 0.0388. The Morgan fingerprint density at radius 1 is 1.00 bits per heavy atom. The maximum absolute atomic E-state index is 13.2. The molecule has 164 valence electrons. The Kier molecular flexibility index (Phi) is 5.71. The lowest BCUT2D eigenvalue weighted by Gasteiger charge is -2.43. The number of aryl methyl sites for hydroxylation is 1. The third-order valence-electron chi connectivity index (χ3n) is 6.78. The molecule has 0 aliphatic carbocycles. The van der Waals surface area contributed by atoms with Crippen molar-refractivity contribution in [3.63, 3.8) is 0 Å². The van der Waals surface area contributed by atoms with Gasteiger partial charge in [0.1, 0.15) is 12.4 Å². The first kappa shape index (κ1) is 20.8. The number of hydrogen-bond donors (Lipinski definition) is 0. The summed E-state index contributed by atoms with van der Waals surface area (Å²) in [6.07, 6.45) is 1.49. The van der Waals surface area contributed by atoms with E-state index in [2.05, 4.69) is 60.4 Å². The van der Waals surface area contributed by atoms with Crippen LogP contribution in [-0.4, -0.2) is 30.9 Å². The van der Waals surface area contributed by atoms with Crippen LogP contribution in [0, 0.1) is 6.92 Å². The molecule has 1 unspecified atom stereocenters. The van der Waals surface area contributed by atoms with Gasteiger partial charge in [-0.1, -0.05) is 60.2 Å². The van der Waals surface area contributed by atoms with Crippen molar-refractivity contribution in [1.82, 2.24) is 4.90 Å². The summed E-state index contributed by atoms with van der Waals surface area (Å²) in [5, 5.41) is 0. The van der Waals surface area contributed by atoms with Gasteiger partial charge >= 0.3 is 0 Å². The van der Waals surface area contributed by atoms with Gasteiger partial charge in [0.05, 0.1) is 13.0 Å². The van der Waals surface area contributed by atoms with Crippen molar-refractivity contribution in [1.29, 1.82) is 0 Å². The highest BCUT2D eigenvalue weighted by molar-refractivity contribution is 5.87. The Balaban J connectivity index is 1.38. The average Bonchev–Trinajstić information content (AvgIpc) is 2.82. The molecule has 2 atom stereocenters. The monoisotopic (exact) mass is 427 g/mol. The van der Waals surface area contributed by atoms with E-state index >= 15 is 0 Å². The topological polar surface area (TPSA) is 38.8 Å². The van der Waals surface area contributed by atoms with Crippen LogP contribution in [-0.2, 0) is 17.8 Å². The predicted octanol–water partition coefficient (Wildman–Crippen LogP) is 5.24. The molecule has 0 amide bonds. The van der Waals surface area contributed by atoms with Crippen LogP contribution in [0.2, 0.25) is 0 Å². The summed E-state index contributed by atoms with van der Waals surface area (Å²) < 4.78 is 11.8. The molecule has 0 radical (unpaired) electrons. The van der Waals surface area contributed by atoms with Crippen molar-refractivity contribution < 1.29 is 14.3 Å². The second-order valence-corrected chi connectivity index (χ2v) is 8.87. The zero-order chi connectivity index (χ0) is 22.1. The lowest BCUT2D eigenvalue weighted by atomic mass is 9.80. The molecule has 2 heterocycles. The van der Waals surface area contributed by atoms with Crippen molar-refractivity contribution in [2.75, 3.05) is 20.2 Å². The van der Waals surface area contributed by atoms with Gasteiger partial charge in [-0.05, 0) is 47.7 Å². The summed E-state index contributed by atoms with van der Waals surface area (Å²) in [6.45, 7) is 4.32. The van der Waals surface area contributed by atoms with Crippen LogP contribution in [0.4, 0.5) is 0 Å². The fourth-order valence-corrected chi connectivity index (χ4v) is 5.07. The molecule has 3 aromatic rings. The van der Waals surface area contributed by atoms with E-state index in [1.165, 1.54) is 16.7 Å². The summed E-state index contributed by atoms with van der Waals surface area (Å²) in [6, 6.07) is 22.8. The number of ketones is 1. The van der Waals surface area contributed by atoms with Gasteiger partial charge < -0.3 is 9.47 Å². The highest BCUT2D eigenvalue weighted by atomic mass is 16.5. The summed E-state index contributed by atoms with van der Waals surface area (Å²) >= 11 is 0. The number of methoxy groups -OCH3 is 1. The van der Waals surface area contributed by atoms with Crippen molar-refractivity contribution in [2.45, 2.75) is 38.3 Å². The van der Waals surface area contributed by atoms with Crippen molar-refractivity contribution >= 4 is 5.78 Å². The number of hydrogen-bond acceptors (Lipinski definition) is 4. The van der Waals surface area contributed by atoms with E-state index in [0.29, 0.717) is 18.8 Å². The zero-order valence-corrected chi connectivity index (χ0v) is 18.7. The minimum Gasteiger partial charge on any atom is -0.493 e. The molecule has 0 saturated carbocycles.